The summed E-state index contributed by atoms with van der Waals surface area (Å²) in [6, 6.07) is 0. The lowest BCUT2D eigenvalue weighted by atomic mass is 9.94. The Morgan fingerprint density at radius 2 is 2.27 bits per heavy atom. The maximum atomic E-state index is 13.5. The highest BCUT2D eigenvalue weighted by molar-refractivity contribution is 5.28. The van der Waals surface area contributed by atoms with Gasteiger partial charge in [0.05, 0.1) is 12.8 Å². The van der Waals surface area contributed by atoms with Crippen LogP contribution in [-0.4, -0.2) is 56.0 Å². The van der Waals surface area contributed by atoms with E-state index in [1.807, 2.05) is 11.8 Å². The average Bonchev–Trinajstić information content (AvgIpc) is 2.73. The Bertz CT molecular complexity index is 686. The molecule has 4 atom stereocenters. The molecule has 1 saturated heterocycles. The Kier molecular flexibility index (Phi) is 4.43. The van der Waals surface area contributed by atoms with E-state index in [0.29, 0.717) is 10.8 Å². The summed E-state index contributed by atoms with van der Waals surface area (Å²) in [6.45, 7) is -1.84. The van der Waals surface area contributed by atoms with Crippen LogP contribution >= 0.6 is 0 Å². The second-order valence-electron chi connectivity index (χ2n) is 4.58. The molecule has 8 nitrogen and oxygen atoms in total. The standard InChI is InChI=1S/C12H13F2N3O5/c13-3-1-2-12(21)8(19)7(5-18)22-10(12)17-4-6(14)9(15)16-11(17)20/h4,7-8,10,18-19,21H,3,5H2,(H2,15,16,20)/t7-,8+,10-,12?/m1/s1. The smallest absolute Gasteiger partial charge is 0.351 e. The molecule has 0 bridgehead atoms. The zero-order valence-electron chi connectivity index (χ0n) is 11.1. The number of nitrogen functional groups attached to an aromatic ring is 1. The topological polar surface area (TPSA) is 131 Å². The Balaban J connectivity index is 2.56. The fourth-order valence-corrected chi connectivity index (χ4v) is 2.13. The van der Waals surface area contributed by atoms with Gasteiger partial charge in [0.15, 0.2) is 23.5 Å². The zero-order chi connectivity index (χ0) is 16.5. The first-order valence-corrected chi connectivity index (χ1v) is 6.12. The van der Waals surface area contributed by atoms with E-state index in [4.69, 9.17) is 15.6 Å². The van der Waals surface area contributed by atoms with Gasteiger partial charge in [-0.25, -0.2) is 13.6 Å². The van der Waals surface area contributed by atoms with E-state index in [0.717, 1.165) is 0 Å². The summed E-state index contributed by atoms with van der Waals surface area (Å²) in [5.74, 6) is 2.22. The summed E-state index contributed by atoms with van der Waals surface area (Å²) in [6.07, 6.45) is -4.15. The first-order chi connectivity index (χ1) is 10.3. The van der Waals surface area contributed by atoms with Gasteiger partial charge in [-0.05, 0) is 0 Å². The highest BCUT2D eigenvalue weighted by Gasteiger charge is 2.56. The summed E-state index contributed by atoms with van der Waals surface area (Å²) in [4.78, 5) is 15.0. The second-order valence-corrected chi connectivity index (χ2v) is 4.58. The van der Waals surface area contributed by atoms with Gasteiger partial charge in [-0.15, -0.1) is 0 Å². The monoisotopic (exact) mass is 317 g/mol. The minimum Gasteiger partial charge on any atom is -0.394 e. The molecule has 0 amide bonds. The molecule has 1 aromatic rings. The largest absolute Gasteiger partial charge is 0.394 e. The van der Waals surface area contributed by atoms with Gasteiger partial charge in [-0.3, -0.25) is 4.57 Å². The minimum absolute atomic E-state index is 0.525. The van der Waals surface area contributed by atoms with Crippen LogP contribution in [0.25, 0.3) is 0 Å². The van der Waals surface area contributed by atoms with Crippen molar-refractivity contribution in [3.8, 4) is 11.8 Å². The third-order valence-corrected chi connectivity index (χ3v) is 3.21. The molecule has 1 aliphatic rings. The number of anilines is 1. The van der Waals surface area contributed by atoms with Crippen LogP contribution in [0.3, 0.4) is 0 Å². The lowest BCUT2D eigenvalue weighted by Crippen LogP contribution is -2.48. The predicted molar refractivity (Wildman–Crippen MR) is 68.6 cm³/mol. The van der Waals surface area contributed by atoms with Crippen LogP contribution in [0.4, 0.5) is 14.6 Å². The van der Waals surface area contributed by atoms with Crippen LogP contribution in [0.1, 0.15) is 6.23 Å². The van der Waals surface area contributed by atoms with E-state index >= 15 is 0 Å². The number of aromatic nitrogens is 2. The molecule has 0 saturated carbocycles. The van der Waals surface area contributed by atoms with Crippen molar-refractivity contribution < 1.29 is 28.8 Å². The molecule has 0 radical (unpaired) electrons. The second kappa shape index (κ2) is 5.98. The van der Waals surface area contributed by atoms with E-state index < -0.39 is 54.6 Å². The molecule has 120 valence electrons. The van der Waals surface area contributed by atoms with E-state index in [1.165, 1.54) is 0 Å². The van der Waals surface area contributed by atoms with Crippen molar-refractivity contribution in [2.75, 3.05) is 19.0 Å². The summed E-state index contributed by atoms with van der Waals surface area (Å²) in [7, 11) is 0. The molecule has 0 spiro atoms. The Morgan fingerprint density at radius 3 is 2.86 bits per heavy atom. The van der Waals surface area contributed by atoms with Gasteiger partial charge in [-0.1, -0.05) is 11.8 Å². The van der Waals surface area contributed by atoms with Crippen LogP contribution < -0.4 is 11.4 Å². The molecule has 1 fully saturated rings. The summed E-state index contributed by atoms with van der Waals surface area (Å²) in [5, 5.41) is 29.5. The van der Waals surface area contributed by atoms with Crippen LogP contribution in [0.5, 0.6) is 0 Å². The normalized spacial score (nSPS) is 30.9. The molecule has 1 unspecified atom stereocenters. The predicted octanol–water partition coefficient (Wildman–Crippen LogP) is -2.08. The molecule has 0 aromatic carbocycles. The van der Waals surface area contributed by atoms with E-state index in [9.17, 15) is 23.8 Å². The Morgan fingerprint density at radius 1 is 1.59 bits per heavy atom. The fraction of sp³-hybridized carbons (Fsp3) is 0.500. The quantitative estimate of drug-likeness (QED) is 0.460. The SMILES string of the molecule is Nc1nc(=O)n([C@@H]2O[C@H](CO)[C@H](O)C2(O)C#CCF)cc1F. The Labute approximate surface area is 122 Å². The van der Waals surface area contributed by atoms with Crippen molar-refractivity contribution in [2.45, 2.75) is 24.0 Å². The third-order valence-electron chi connectivity index (χ3n) is 3.21. The van der Waals surface area contributed by atoms with Crippen LogP contribution in [0, 0.1) is 17.7 Å². The van der Waals surface area contributed by atoms with Gasteiger partial charge >= 0.3 is 5.69 Å². The maximum absolute atomic E-state index is 13.5. The van der Waals surface area contributed by atoms with Gasteiger partial charge in [0.1, 0.15) is 18.9 Å². The lowest BCUT2D eigenvalue weighted by Gasteiger charge is -2.26. The average molecular weight is 317 g/mol. The molecule has 2 heterocycles. The lowest BCUT2D eigenvalue weighted by molar-refractivity contribution is -0.0768. The number of hydrogen-bond acceptors (Lipinski definition) is 7. The molecule has 1 aliphatic heterocycles. The van der Waals surface area contributed by atoms with E-state index in [-0.39, 0.29) is 0 Å². The van der Waals surface area contributed by atoms with Crippen LogP contribution in [-0.2, 0) is 4.74 Å². The van der Waals surface area contributed by atoms with Crippen molar-refractivity contribution in [3.05, 3.63) is 22.5 Å². The number of nitrogens with zero attached hydrogens (tertiary/aromatic N) is 2. The van der Waals surface area contributed by atoms with Gasteiger partial charge in [0, 0.05) is 0 Å². The maximum Gasteiger partial charge on any atom is 0.351 e. The summed E-state index contributed by atoms with van der Waals surface area (Å²) >= 11 is 0. The third kappa shape index (κ3) is 2.55. The molecule has 22 heavy (non-hydrogen) atoms. The van der Waals surface area contributed by atoms with Gasteiger partial charge in [-0.2, -0.15) is 4.98 Å². The molecule has 5 N–H and O–H groups in total. The fourth-order valence-electron chi connectivity index (χ4n) is 2.13. The number of alkyl halides is 1. The molecule has 0 aliphatic carbocycles. The number of ether oxygens (including phenoxy) is 1. The Hall–Kier alpha value is -2.06. The number of halogens is 2. The number of rotatable bonds is 2. The summed E-state index contributed by atoms with van der Waals surface area (Å²) in [5.41, 5.74) is 1.64. The van der Waals surface area contributed by atoms with Gasteiger partial charge < -0.3 is 25.8 Å². The first kappa shape index (κ1) is 16.3. The molecular weight excluding hydrogens is 304 g/mol. The van der Waals surface area contributed by atoms with Crippen molar-refractivity contribution in [2.24, 2.45) is 0 Å². The summed E-state index contributed by atoms with van der Waals surface area (Å²) < 4.78 is 31.4. The van der Waals surface area contributed by atoms with Crippen LogP contribution in [0.15, 0.2) is 11.0 Å². The molecular formula is C12H13F2N3O5. The van der Waals surface area contributed by atoms with Crippen LogP contribution in [0.2, 0.25) is 0 Å². The van der Waals surface area contributed by atoms with Gasteiger partial charge in [0.2, 0.25) is 0 Å². The van der Waals surface area contributed by atoms with E-state index in [1.54, 1.807) is 0 Å². The highest BCUT2D eigenvalue weighted by atomic mass is 19.1. The molecule has 1 aromatic heterocycles. The molecule has 10 heteroatoms. The van der Waals surface area contributed by atoms with Crippen molar-refractivity contribution in [1.82, 2.24) is 9.55 Å². The number of hydrogen-bond donors (Lipinski definition) is 4. The van der Waals surface area contributed by atoms with E-state index in [2.05, 4.69) is 4.98 Å². The zero-order valence-corrected chi connectivity index (χ0v) is 11.1. The number of aliphatic hydroxyl groups excluding tert-OH is 2. The first-order valence-electron chi connectivity index (χ1n) is 6.12. The molecule has 2 rings (SSSR count). The van der Waals surface area contributed by atoms with Gasteiger partial charge in [0.25, 0.3) is 0 Å². The van der Waals surface area contributed by atoms with Crippen molar-refractivity contribution in [3.63, 3.8) is 0 Å². The van der Waals surface area contributed by atoms with Crippen molar-refractivity contribution in [1.29, 1.82) is 0 Å². The number of nitrogens with two attached hydrogens (primary N) is 1. The minimum atomic E-state index is -2.44. The highest BCUT2D eigenvalue weighted by Crippen LogP contribution is 2.37. The van der Waals surface area contributed by atoms with Crippen molar-refractivity contribution >= 4 is 5.82 Å². The number of aliphatic hydroxyl groups is 3.